The number of imidazole rings is 1. The molecule has 0 aliphatic heterocycles. The first-order chi connectivity index (χ1) is 10.0. The monoisotopic (exact) mass is 284 g/mol. The van der Waals surface area contributed by atoms with Gasteiger partial charge in [0.05, 0.1) is 0 Å². The molecule has 0 aliphatic carbocycles. The molecule has 0 spiro atoms. The van der Waals surface area contributed by atoms with Gasteiger partial charge < -0.3 is 4.98 Å². The molecule has 0 saturated heterocycles. The topological polar surface area (TPSA) is 72.7 Å². The van der Waals surface area contributed by atoms with Crippen molar-refractivity contribution >= 4 is 11.2 Å². The van der Waals surface area contributed by atoms with Gasteiger partial charge in [-0.1, -0.05) is 25.1 Å². The number of aromatic nitrogens is 4. The molecule has 6 heteroatoms. The Morgan fingerprint density at radius 2 is 1.95 bits per heavy atom. The van der Waals surface area contributed by atoms with Gasteiger partial charge >= 0.3 is 5.69 Å². The Hall–Kier alpha value is -2.63. The number of rotatable bonds is 2. The predicted octanol–water partition coefficient (Wildman–Crippen LogP) is 1.19. The fraction of sp³-hybridized carbons (Fsp3) is 0.267. The van der Waals surface area contributed by atoms with Gasteiger partial charge in [-0.15, -0.1) is 0 Å². The molecular formula is C15H16N4O2. The van der Waals surface area contributed by atoms with Crippen LogP contribution in [-0.4, -0.2) is 19.1 Å². The zero-order chi connectivity index (χ0) is 15.1. The van der Waals surface area contributed by atoms with E-state index in [1.807, 2.05) is 24.3 Å². The number of fused-ring (bicyclic) bond motifs is 1. The molecule has 0 saturated carbocycles. The summed E-state index contributed by atoms with van der Waals surface area (Å²) in [5.41, 5.74) is 2.07. The summed E-state index contributed by atoms with van der Waals surface area (Å²) in [4.78, 5) is 31.5. The highest BCUT2D eigenvalue weighted by Crippen LogP contribution is 2.19. The van der Waals surface area contributed by atoms with Gasteiger partial charge in [0.1, 0.15) is 11.3 Å². The van der Waals surface area contributed by atoms with Crippen molar-refractivity contribution in [2.45, 2.75) is 13.3 Å². The van der Waals surface area contributed by atoms with E-state index >= 15 is 0 Å². The molecule has 2 aromatic heterocycles. The maximum atomic E-state index is 12.1. The molecule has 0 amide bonds. The number of benzene rings is 1. The number of hydrogen-bond donors (Lipinski definition) is 1. The van der Waals surface area contributed by atoms with Gasteiger partial charge in [0.25, 0.3) is 5.56 Å². The first-order valence-electron chi connectivity index (χ1n) is 6.78. The second kappa shape index (κ2) is 4.73. The van der Waals surface area contributed by atoms with Crippen LogP contribution in [-0.2, 0) is 20.5 Å². The van der Waals surface area contributed by atoms with Gasteiger partial charge in [-0.05, 0) is 18.1 Å². The van der Waals surface area contributed by atoms with Crippen LogP contribution in [0.5, 0.6) is 0 Å². The quantitative estimate of drug-likeness (QED) is 0.768. The summed E-state index contributed by atoms with van der Waals surface area (Å²) in [5.74, 6) is 0.596. The van der Waals surface area contributed by atoms with E-state index < -0.39 is 0 Å². The predicted molar refractivity (Wildman–Crippen MR) is 81.4 cm³/mol. The molecule has 1 aromatic carbocycles. The Kier molecular flexibility index (Phi) is 3.01. The third-order valence-electron chi connectivity index (χ3n) is 3.70. The molecule has 2 heterocycles. The summed E-state index contributed by atoms with van der Waals surface area (Å²) >= 11 is 0. The number of H-pyrrole nitrogens is 1. The van der Waals surface area contributed by atoms with Crippen molar-refractivity contribution in [3.8, 4) is 11.4 Å². The SMILES string of the molecule is CCc1cccc(-c2nc3c([nH]2)c(=O)n(C)c(=O)n3C)c1. The smallest absolute Gasteiger partial charge is 0.332 e. The Bertz CT molecular complexity index is 946. The largest absolute Gasteiger partial charge is 0.332 e. The van der Waals surface area contributed by atoms with E-state index in [1.54, 1.807) is 7.05 Å². The molecule has 0 fully saturated rings. The Balaban J connectivity index is 2.31. The number of nitrogens with zero attached hydrogens (tertiary/aromatic N) is 3. The van der Waals surface area contributed by atoms with E-state index in [4.69, 9.17) is 0 Å². The van der Waals surface area contributed by atoms with Crippen LogP contribution in [0.25, 0.3) is 22.6 Å². The van der Waals surface area contributed by atoms with Crippen molar-refractivity contribution in [1.29, 1.82) is 0 Å². The summed E-state index contributed by atoms with van der Waals surface area (Å²) in [6.45, 7) is 2.08. The van der Waals surface area contributed by atoms with Gasteiger partial charge in [0.15, 0.2) is 5.65 Å². The molecule has 0 radical (unpaired) electrons. The fourth-order valence-electron chi connectivity index (χ4n) is 2.40. The van der Waals surface area contributed by atoms with E-state index in [1.165, 1.54) is 17.2 Å². The molecule has 0 bridgehead atoms. The van der Waals surface area contributed by atoms with Gasteiger partial charge in [0.2, 0.25) is 0 Å². The van der Waals surface area contributed by atoms with Crippen LogP contribution >= 0.6 is 0 Å². The standard InChI is InChI=1S/C15H16N4O2/c1-4-9-6-5-7-10(8-9)12-16-11-13(17-12)18(2)15(21)19(3)14(11)20/h5-8H,4H2,1-3H3,(H,16,17). The van der Waals surface area contributed by atoms with Crippen molar-refractivity contribution < 1.29 is 0 Å². The van der Waals surface area contributed by atoms with Crippen molar-refractivity contribution in [3.63, 3.8) is 0 Å². The zero-order valence-corrected chi connectivity index (χ0v) is 12.2. The molecule has 108 valence electrons. The molecule has 0 unspecified atom stereocenters. The number of hydrogen-bond acceptors (Lipinski definition) is 3. The van der Waals surface area contributed by atoms with Crippen LogP contribution in [0.15, 0.2) is 33.9 Å². The van der Waals surface area contributed by atoms with E-state index in [2.05, 4.69) is 16.9 Å². The summed E-state index contributed by atoms with van der Waals surface area (Å²) < 4.78 is 2.45. The Labute approximate surface area is 120 Å². The molecule has 21 heavy (non-hydrogen) atoms. The maximum absolute atomic E-state index is 12.1. The van der Waals surface area contributed by atoms with Crippen molar-refractivity contribution in [2.75, 3.05) is 0 Å². The molecule has 1 N–H and O–H groups in total. The lowest BCUT2D eigenvalue weighted by atomic mass is 10.1. The Morgan fingerprint density at radius 3 is 2.67 bits per heavy atom. The third kappa shape index (κ3) is 1.99. The summed E-state index contributed by atoms with van der Waals surface area (Å²) in [6, 6.07) is 7.96. The van der Waals surface area contributed by atoms with Crippen molar-refractivity contribution in [3.05, 3.63) is 50.7 Å². The maximum Gasteiger partial charge on any atom is 0.332 e. The van der Waals surface area contributed by atoms with Crippen LogP contribution in [0.2, 0.25) is 0 Å². The van der Waals surface area contributed by atoms with E-state index in [9.17, 15) is 9.59 Å². The minimum Gasteiger partial charge on any atom is -0.332 e. The summed E-state index contributed by atoms with van der Waals surface area (Å²) in [6.07, 6.45) is 0.925. The van der Waals surface area contributed by atoms with E-state index in [0.29, 0.717) is 17.0 Å². The third-order valence-corrected chi connectivity index (χ3v) is 3.70. The first-order valence-corrected chi connectivity index (χ1v) is 6.78. The van der Waals surface area contributed by atoms with Gasteiger partial charge in [-0.3, -0.25) is 13.9 Å². The summed E-state index contributed by atoms with van der Waals surface area (Å²) in [7, 11) is 3.07. The summed E-state index contributed by atoms with van der Waals surface area (Å²) in [5, 5.41) is 0. The zero-order valence-electron chi connectivity index (χ0n) is 12.2. The first kappa shape index (κ1) is 13.4. The highest BCUT2D eigenvalue weighted by Gasteiger charge is 2.14. The normalized spacial score (nSPS) is 11.2. The number of aromatic amines is 1. The average Bonchev–Trinajstić information content (AvgIpc) is 2.96. The number of nitrogens with one attached hydrogen (secondary N) is 1. The minimum atomic E-state index is -0.382. The lowest BCUT2D eigenvalue weighted by Crippen LogP contribution is -2.36. The highest BCUT2D eigenvalue weighted by atomic mass is 16.2. The van der Waals surface area contributed by atoms with Gasteiger partial charge in [-0.25, -0.2) is 9.78 Å². The molecule has 0 atom stereocenters. The second-order valence-electron chi connectivity index (χ2n) is 5.04. The average molecular weight is 284 g/mol. The molecule has 3 aromatic rings. The fourth-order valence-corrected chi connectivity index (χ4v) is 2.40. The van der Waals surface area contributed by atoms with Crippen LogP contribution in [0.1, 0.15) is 12.5 Å². The van der Waals surface area contributed by atoms with E-state index in [0.717, 1.165) is 16.6 Å². The van der Waals surface area contributed by atoms with Crippen molar-refractivity contribution in [1.82, 2.24) is 19.1 Å². The molecule has 0 aliphatic rings. The minimum absolute atomic E-state index is 0.344. The van der Waals surface area contributed by atoms with Gasteiger partial charge in [-0.2, -0.15) is 0 Å². The molecule has 3 rings (SSSR count). The van der Waals surface area contributed by atoms with Crippen molar-refractivity contribution in [2.24, 2.45) is 14.1 Å². The van der Waals surface area contributed by atoms with Gasteiger partial charge in [0, 0.05) is 19.7 Å². The molecule has 6 nitrogen and oxygen atoms in total. The second-order valence-corrected chi connectivity index (χ2v) is 5.04. The Morgan fingerprint density at radius 1 is 1.19 bits per heavy atom. The van der Waals surface area contributed by atoms with Crippen LogP contribution < -0.4 is 11.2 Å². The van der Waals surface area contributed by atoms with Crippen LogP contribution in [0.3, 0.4) is 0 Å². The van der Waals surface area contributed by atoms with E-state index in [-0.39, 0.29) is 11.2 Å². The number of aryl methyl sites for hydroxylation is 2. The van der Waals surface area contributed by atoms with Crippen LogP contribution in [0.4, 0.5) is 0 Å². The molecular weight excluding hydrogens is 268 g/mol. The van der Waals surface area contributed by atoms with Crippen LogP contribution in [0, 0.1) is 0 Å². The highest BCUT2D eigenvalue weighted by molar-refractivity contribution is 5.75. The lowest BCUT2D eigenvalue weighted by molar-refractivity contribution is 0.709. The lowest BCUT2D eigenvalue weighted by Gasteiger charge is -2.00.